The maximum Gasteiger partial charge on any atom is 0.338 e. The zero-order valence-electron chi connectivity index (χ0n) is 11.7. The van der Waals surface area contributed by atoms with Crippen LogP contribution in [0.4, 0.5) is 14.5 Å². The Labute approximate surface area is 121 Å². The van der Waals surface area contributed by atoms with Gasteiger partial charge in [0.25, 0.3) is 0 Å². The fourth-order valence-corrected chi connectivity index (χ4v) is 2.03. The highest BCUT2D eigenvalue weighted by Gasteiger charge is 2.12. The molecule has 0 radical (unpaired) electrons. The molecular weight excluding hydrogens is 276 g/mol. The first-order valence-electron chi connectivity index (χ1n) is 6.38. The van der Waals surface area contributed by atoms with Gasteiger partial charge in [-0.05, 0) is 42.8 Å². The van der Waals surface area contributed by atoms with Crippen LogP contribution in [0.1, 0.15) is 21.5 Å². The summed E-state index contributed by atoms with van der Waals surface area (Å²) in [7, 11) is 1.31. The molecule has 0 amide bonds. The van der Waals surface area contributed by atoms with Gasteiger partial charge in [0, 0.05) is 17.8 Å². The van der Waals surface area contributed by atoms with Crippen LogP contribution in [0.5, 0.6) is 0 Å². The van der Waals surface area contributed by atoms with E-state index in [1.54, 1.807) is 25.1 Å². The van der Waals surface area contributed by atoms with Crippen LogP contribution in [0.25, 0.3) is 0 Å². The van der Waals surface area contributed by atoms with Crippen LogP contribution >= 0.6 is 0 Å². The van der Waals surface area contributed by atoms with Crippen LogP contribution in [0, 0.1) is 18.6 Å². The lowest BCUT2D eigenvalue weighted by Crippen LogP contribution is -2.08. The molecule has 3 nitrogen and oxygen atoms in total. The second-order valence-electron chi connectivity index (χ2n) is 4.56. The summed E-state index contributed by atoms with van der Waals surface area (Å²) < 4.78 is 31.4. The van der Waals surface area contributed by atoms with Crippen molar-refractivity contribution in [2.75, 3.05) is 12.4 Å². The molecule has 0 aromatic heterocycles. The first-order valence-corrected chi connectivity index (χ1v) is 6.38. The first kappa shape index (κ1) is 15.0. The van der Waals surface area contributed by atoms with E-state index in [4.69, 9.17) is 4.74 Å². The number of carbonyl (C=O) groups is 1. The smallest absolute Gasteiger partial charge is 0.338 e. The van der Waals surface area contributed by atoms with E-state index in [-0.39, 0.29) is 12.1 Å². The maximum atomic E-state index is 13.6. The minimum atomic E-state index is -0.492. The molecule has 0 aliphatic heterocycles. The van der Waals surface area contributed by atoms with E-state index in [0.717, 1.165) is 18.2 Å². The molecule has 0 saturated carbocycles. The van der Waals surface area contributed by atoms with E-state index < -0.39 is 17.6 Å². The molecule has 2 aromatic rings. The summed E-state index contributed by atoms with van der Waals surface area (Å²) in [4.78, 5) is 11.6. The average Bonchev–Trinajstić information content (AvgIpc) is 2.48. The quantitative estimate of drug-likeness (QED) is 0.873. The predicted molar refractivity (Wildman–Crippen MR) is 76.2 cm³/mol. The molecule has 0 aliphatic rings. The number of hydrogen-bond donors (Lipinski definition) is 1. The van der Waals surface area contributed by atoms with Crippen LogP contribution in [0.3, 0.4) is 0 Å². The molecule has 110 valence electrons. The monoisotopic (exact) mass is 291 g/mol. The predicted octanol–water partition coefficient (Wildman–Crippen LogP) is 3.67. The second kappa shape index (κ2) is 6.35. The summed E-state index contributed by atoms with van der Waals surface area (Å²) in [6.07, 6.45) is 0. The van der Waals surface area contributed by atoms with Crippen LogP contribution in [0.15, 0.2) is 36.4 Å². The molecule has 0 spiro atoms. The van der Waals surface area contributed by atoms with Gasteiger partial charge in [-0.25, -0.2) is 13.6 Å². The number of benzene rings is 2. The van der Waals surface area contributed by atoms with E-state index in [2.05, 4.69) is 5.32 Å². The van der Waals surface area contributed by atoms with Gasteiger partial charge in [0.1, 0.15) is 11.6 Å². The molecule has 0 atom stereocenters. The average molecular weight is 291 g/mol. The topological polar surface area (TPSA) is 38.3 Å². The molecule has 2 rings (SSSR count). The van der Waals surface area contributed by atoms with Crippen molar-refractivity contribution in [1.29, 1.82) is 0 Å². The Bertz CT molecular complexity index is 671. The van der Waals surface area contributed by atoms with Gasteiger partial charge in [0.15, 0.2) is 0 Å². The minimum Gasteiger partial charge on any atom is -0.465 e. The third-order valence-corrected chi connectivity index (χ3v) is 3.22. The number of halogens is 2. The summed E-state index contributed by atoms with van der Waals surface area (Å²) in [5, 5.41) is 3.00. The Morgan fingerprint density at radius 1 is 1.24 bits per heavy atom. The van der Waals surface area contributed by atoms with E-state index in [0.29, 0.717) is 16.8 Å². The summed E-state index contributed by atoms with van der Waals surface area (Å²) >= 11 is 0. The van der Waals surface area contributed by atoms with Crippen molar-refractivity contribution < 1.29 is 18.3 Å². The maximum absolute atomic E-state index is 13.6. The van der Waals surface area contributed by atoms with Crippen molar-refractivity contribution in [3.05, 3.63) is 64.7 Å². The molecular formula is C16H15F2NO2. The molecule has 1 N–H and O–H groups in total. The van der Waals surface area contributed by atoms with Crippen molar-refractivity contribution in [2.45, 2.75) is 13.5 Å². The molecule has 21 heavy (non-hydrogen) atoms. The fraction of sp³-hybridized carbons (Fsp3) is 0.188. The largest absolute Gasteiger partial charge is 0.465 e. The highest BCUT2D eigenvalue weighted by Crippen LogP contribution is 2.21. The van der Waals surface area contributed by atoms with Gasteiger partial charge in [-0.1, -0.05) is 6.07 Å². The Hall–Kier alpha value is -2.43. The van der Waals surface area contributed by atoms with Gasteiger partial charge in [-0.2, -0.15) is 0 Å². The van der Waals surface area contributed by atoms with E-state index >= 15 is 0 Å². The number of esters is 1. The lowest BCUT2D eigenvalue weighted by molar-refractivity contribution is 0.0600. The molecule has 0 heterocycles. The highest BCUT2D eigenvalue weighted by atomic mass is 19.1. The lowest BCUT2D eigenvalue weighted by Gasteiger charge is -2.12. The minimum absolute atomic E-state index is 0.120. The van der Waals surface area contributed by atoms with E-state index in [1.807, 2.05) is 0 Å². The van der Waals surface area contributed by atoms with E-state index in [1.165, 1.54) is 7.11 Å². The zero-order chi connectivity index (χ0) is 15.4. The first-order chi connectivity index (χ1) is 10.0. The number of nitrogens with one attached hydrogen (secondary N) is 1. The Balaban J connectivity index is 2.21. The van der Waals surface area contributed by atoms with Crippen molar-refractivity contribution in [2.24, 2.45) is 0 Å². The van der Waals surface area contributed by atoms with E-state index in [9.17, 15) is 13.6 Å². The fourth-order valence-electron chi connectivity index (χ4n) is 2.03. The molecule has 0 fully saturated rings. The molecule has 0 bridgehead atoms. The number of hydrogen-bond acceptors (Lipinski definition) is 3. The van der Waals surface area contributed by atoms with Gasteiger partial charge < -0.3 is 10.1 Å². The van der Waals surface area contributed by atoms with Gasteiger partial charge in [0.05, 0.1) is 12.7 Å². The van der Waals surface area contributed by atoms with Crippen LogP contribution < -0.4 is 5.32 Å². The van der Waals surface area contributed by atoms with Crippen molar-refractivity contribution in [3.8, 4) is 0 Å². The summed E-state index contributed by atoms with van der Waals surface area (Å²) in [5.41, 5.74) is 2.02. The van der Waals surface area contributed by atoms with Crippen molar-refractivity contribution >= 4 is 11.7 Å². The third kappa shape index (κ3) is 3.37. The standard InChI is InChI=1S/C16H15F2NO2/c1-10-13(16(20)21-2)4-3-5-15(10)19-9-11-8-12(17)6-7-14(11)18/h3-8,19H,9H2,1-2H3. The summed E-state index contributed by atoms with van der Waals surface area (Å²) in [6, 6.07) is 8.41. The van der Waals surface area contributed by atoms with Gasteiger partial charge in [0.2, 0.25) is 0 Å². The third-order valence-electron chi connectivity index (χ3n) is 3.22. The van der Waals surface area contributed by atoms with Gasteiger partial charge in [-0.3, -0.25) is 0 Å². The van der Waals surface area contributed by atoms with Gasteiger partial charge >= 0.3 is 5.97 Å². The summed E-state index contributed by atoms with van der Waals surface area (Å²) in [6.45, 7) is 1.88. The molecule has 2 aromatic carbocycles. The Morgan fingerprint density at radius 2 is 2.00 bits per heavy atom. The second-order valence-corrected chi connectivity index (χ2v) is 4.56. The highest BCUT2D eigenvalue weighted by molar-refractivity contribution is 5.92. The summed E-state index contributed by atoms with van der Waals surface area (Å²) in [5.74, 6) is -1.41. The van der Waals surface area contributed by atoms with Crippen LogP contribution in [-0.2, 0) is 11.3 Å². The molecule has 0 aliphatic carbocycles. The Morgan fingerprint density at radius 3 is 2.71 bits per heavy atom. The van der Waals surface area contributed by atoms with Gasteiger partial charge in [-0.15, -0.1) is 0 Å². The number of carbonyl (C=O) groups excluding carboxylic acids is 1. The zero-order valence-corrected chi connectivity index (χ0v) is 11.7. The lowest BCUT2D eigenvalue weighted by atomic mass is 10.1. The molecule has 0 unspecified atom stereocenters. The number of anilines is 1. The SMILES string of the molecule is COC(=O)c1cccc(NCc2cc(F)ccc2F)c1C. The normalized spacial score (nSPS) is 10.3. The number of rotatable bonds is 4. The molecule has 0 saturated heterocycles. The van der Waals surface area contributed by atoms with Crippen molar-refractivity contribution in [3.63, 3.8) is 0 Å². The van der Waals surface area contributed by atoms with Crippen molar-refractivity contribution in [1.82, 2.24) is 0 Å². The number of ether oxygens (including phenoxy) is 1. The number of methoxy groups -OCH3 is 1. The van der Waals surface area contributed by atoms with Crippen LogP contribution in [0.2, 0.25) is 0 Å². The Kier molecular flexibility index (Phi) is 4.52. The molecule has 5 heteroatoms. The van der Waals surface area contributed by atoms with Crippen LogP contribution in [-0.4, -0.2) is 13.1 Å².